The van der Waals surface area contributed by atoms with Crippen molar-refractivity contribution in [2.24, 2.45) is 0 Å². The van der Waals surface area contributed by atoms with Crippen LogP contribution in [0.5, 0.6) is 5.75 Å². The predicted molar refractivity (Wildman–Crippen MR) is 122 cm³/mol. The second-order valence-electron chi connectivity index (χ2n) is 7.97. The molecule has 1 atom stereocenters. The van der Waals surface area contributed by atoms with Crippen LogP contribution < -0.4 is 4.74 Å². The smallest absolute Gasteiger partial charge is 0.295 e. The van der Waals surface area contributed by atoms with Gasteiger partial charge in [0.1, 0.15) is 29.1 Å². The van der Waals surface area contributed by atoms with Gasteiger partial charge in [-0.2, -0.15) is 0 Å². The van der Waals surface area contributed by atoms with E-state index in [0.717, 1.165) is 6.42 Å². The average molecular weight is 450 g/mol. The molecule has 4 rings (SSSR count). The summed E-state index contributed by atoms with van der Waals surface area (Å²) in [6, 6.07) is 9.55. The number of likely N-dealkylation sites (tertiary alicyclic amines) is 1. The van der Waals surface area contributed by atoms with Crippen molar-refractivity contribution in [2.75, 3.05) is 13.2 Å². The summed E-state index contributed by atoms with van der Waals surface area (Å²) in [7, 11) is 0. The molecule has 0 saturated carbocycles. The molecule has 1 aromatic carbocycles. The van der Waals surface area contributed by atoms with Crippen LogP contribution >= 0.6 is 0 Å². The maximum Gasteiger partial charge on any atom is 0.295 e. The highest BCUT2D eigenvalue weighted by atomic mass is 16.5. The van der Waals surface area contributed by atoms with Gasteiger partial charge >= 0.3 is 0 Å². The second-order valence-corrected chi connectivity index (χ2v) is 7.97. The molecule has 0 radical (unpaired) electrons. The molecule has 3 heterocycles. The number of amides is 1. The topological polar surface area (TPSA) is 97.8 Å². The average Bonchev–Trinajstić information content (AvgIpc) is 3.54. The zero-order valence-electron chi connectivity index (χ0n) is 18.7. The summed E-state index contributed by atoms with van der Waals surface area (Å²) >= 11 is 0. The Bertz CT molecular complexity index is 1150. The maximum absolute atomic E-state index is 13.0. The number of carbonyl (C=O) groups excluding carboxylic acids is 2. The van der Waals surface area contributed by atoms with Crippen molar-refractivity contribution in [3.63, 3.8) is 0 Å². The highest BCUT2D eigenvalue weighted by Crippen LogP contribution is 2.40. The monoisotopic (exact) mass is 449 g/mol. The van der Waals surface area contributed by atoms with Crippen LogP contribution in [0.3, 0.4) is 0 Å². The van der Waals surface area contributed by atoms with Gasteiger partial charge in [0.15, 0.2) is 0 Å². The lowest BCUT2D eigenvalue weighted by Crippen LogP contribution is -2.31. The molecule has 1 aliphatic heterocycles. The molecule has 3 aromatic rings. The Morgan fingerprint density at radius 3 is 2.58 bits per heavy atom. The SMILES string of the molecule is CCCOc1ccc(C(O)=C2C(=O)C(=O)N(CCCn3ccnc3)[C@H]2c2ccc(C)o2)cc1. The third-order valence-corrected chi connectivity index (χ3v) is 5.55. The molecule has 1 amide bonds. The summed E-state index contributed by atoms with van der Waals surface area (Å²) in [5.74, 6) is 0.174. The number of aryl methyl sites for hydroxylation is 2. The first-order valence-electron chi connectivity index (χ1n) is 11.0. The third kappa shape index (κ3) is 4.69. The van der Waals surface area contributed by atoms with Crippen LogP contribution in [0.4, 0.5) is 0 Å². The van der Waals surface area contributed by atoms with E-state index in [1.54, 1.807) is 55.8 Å². The second kappa shape index (κ2) is 9.77. The predicted octanol–water partition coefficient (Wildman–Crippen LogP) is 4.09. The van der Waals surface area contributed by atoms with E-state index in [1.165, 1.54) is 4.90 Å². The number of furan rings is 1. The summed E-state index contributed by atoms with van der Waals surface area (Å²) in [5.41, 5.74) is 0.461. The lowest BCUT2D eigenvalue weighted by Gasteiger charge is -2.23. The Kier molecular flexibility index (Phi) is 6.63. The fraction of sp³-hybridized carbons (Fsp3) is 0.320. The van der Waals surface area contributed by atoms with Crippen LogP contribution in [-0.2, 0) is 16.1 Å². The summed E-state index contributed by atoms with van der Waals surface area (Å²) in [6.45, 7) is 5.38. The van der Waals surface area contributed by atoms with Crippen molar-refractivity contribution in [1.29, 1.82) is 0 Å². The van der Waals surface area contributed by atoms with E-state index in [9.17, 15) is 14.7 Å². The molecular weight excluding hydrogens is 422 g/mol. The molecule has 172 valence electrons. The lowest BCUT2D eigenvalue weighted by molar-refractivity contribution is -0.140. The lowest BCUT2D eigenvalue weighted by atomic mass is 9.99. The molecule has 0 spiro atoms. The van der Waals surface area contributed by atoms with Crippen LogP contribution in [0.2, 0.25) is 0 Å². The molecule has 8 heteroatoms. The molecule has 1 N–H and O–H groups in total. The van der Waals surface area contributed by atoms with Crippen LogP contribution in [0, 0.1) is 6.92 Å². The molecule has 1 fully saturated rings. The van der Waals surface area contributed by atoms with Crippen LogP contribution in [-0.4, -0.2) is 44.4 Å². The van der Waals surface area contributed by atoms with Crippen molar-refractivity contribution in [1.82, 2.24) is 14.5 Å². The molecule has 0 unspecified atom stereocenters. The maximum atomic E-state index is 13.0. The fourth-order valence-electron chi connectivity index (χ4n) is 3.93. The molecular formula is C25H27N3O5. The summed E-state index contributed by atoms with van der Waals surface area (Å²) < 4.78 is 13.3. The molecule has 8 nitrogen and oxygen atoms in total. The number of Topliss-reactive ketones (excluding diaryl/α,β-unsaturated/α-hetero) is 1. The van der Waals surface area contributed by atoms with Crippen molar-refractivity contribution in [2.45, 2.75) is 39.3 Å². The van der Waals surface area contributed by atoms with E-state index in [2.05, 4.69) is 4.98 Å². The molecule has 33 heavy (non-hydrogen) atoms. The van der Waals surface area contributed by atoms with Gasteiger partial charge in [0, 0.05) is 31.0 Å². The first-order valence-corrected chi connectivity index (χ1v) is 11.0. The van der Waals surface area contributed by atoms with Gasteiger partial charge in [0.2, 0.25) is 0 Å². The number of imidazole rings is 1. The molecule has 1 aliphatic rings. The third-order valence-electron chi connectivity index (χ3n) is 5.55. The van der Waals surface area contributed by atoms with Crippen LogP contribution in [0.1, 0.15) is 42.9 Å². The number of aliphatic hydroxyl groups excluding tert-OH is 1. The molecule has 1 saturated heterocycles. The van der Waals surface area contributed by atoms with Gasteiger partial charge in [-0.15, -0.1) is 0 Å². The van der Waals surface area contributed by atoms with Gasteiger partial charge in [-0.3, -0.25) is 9.59 Å². The number of ether oxygens (including phenoxy) is 1. The highest BCUT2D eigenvalue weighted by Gasteiger charge is 2.47. The number of rotatable bonds is 9. The molecule has 2 aromatic heterocycles. The Morgan fingerprint density at radius 2 is 1.94 bits per heavy atom. The minimum Gasteiger partial charge on any atom is -0.507 e. The van der Waals surface area contributed by atoms with Crippen LogP contribution in [0.15, 0.2) is 65.1 Å². The minimum atomic E-state index is -0.794. The van der Waals surface area contributed by atoms with E-state index in [1.807, 2.05) is 17.7 Å². The standard InChI is InChI=1S/C25H27N3O5/c1-3-15-32-19-8-6-18(7-9-19)23(29)21-22(20-10-5-17(2)33-20)28(25(31)24(21)30)13-4-12-27-14-11-26-16-27/h5-11,14,16,22,29H,3-4,12-13,15H2,1-2H3/t22-/m0/s1. The van der Waals surface area contributed by atoms with Crippen molar-refractivity contribution >= 4 is 17.4 Å². The largest absolute Gasteiger partial charge is 0.507 e. The zero-order valence-corrected chi connectivity index (χ0v) is 18.7. The summed E-state index contributed by atoms with van der Waals surface area (Å²) in [4.78, 5) is 31.5. The first kappa shape index (κ1) is 22.4. The Balaban J connectivity index is 1.65. The van der Waals surface area contributed by atoms with Gasteiger partial charge in [-0.1, -0.05) is 6.92 Å². The number of hydrogen-bond donors (Lipinski definition) is 1. The zero-order chi connectivity index (χ0) is 23.4. The van der Waals surface area contributed by atoms with Gasteiger partial charge in [-0.25, -0.2) is 4.98 Å². The van der Waals surface area contributed by atoms with Gasteiger partial charge in [-0.05, 0) is 56.2 Å². The van der Waals surface area contributed by atoms with E-state index in [4.69, 9.17) is 9.15 Å². The van der Waals surface area contributed by atoms with Crippen molar-refractivity contribution < 1.29 is 23.8 Å². The Morgan fingerprint density at radius 1 is 1.15 bits per heavy atom. The first-order chi connectivity index (χ1) is 16.0. The van der Waals surface area contributed by atoms with E-state index in [-0.39, 0.29) is 11.3 Å². The number of benzene rings is 1. The Hall–Kier alpha value is -3.81. The Labute approximate surface area is 192 Å². The minimum absolute atomic E-state index is 0.0270. The quantitative estimate of drug-likeness (QED) is 0.300. The fourth-order valence-corrected chi connectivity index (χ4v) is 3.93. The van der Waals surface area contributed by atoms with E-state index >= 15 is 0 Å². The van der Waals surface area contributed by atoms with E-state index < -0.39 is 17.7 Å². The van der Waals surface area contributed by atoms with E-state index in [0.29, 0.717) is 49.0 Å². The number of nitrogens with zero attached hydrogens (tertiary/aromatic N) is 3. The number of aromatic nitrogens is 2. The number of ketones is 1. The number of hydrogen-bond acceptors (Lipinski definition) is 6. The van der Waals surface area contributed by atoms with Gasteiger partial charge in [0.05, 0.1) is 18.5 Å². The highest BCUT2D eigenvalue weighted by molar-refractivity contribution is 6.46. The summed E-state index contributed by atoms with van der Waals surface area (Å²) in [6.07, 6.45) is 6.73. The summed E-state index contributed by atoms with van der Waals surface area (Å²) in [5, 5.41) is 11.1. The normalized spacial score (nSPS) is 17.6. The molecule has 0 bridgehead atoms. The van der Waals surface area contributed by atoms with Gasteiger partial charge < -0.3 is 23.7 Å². The van der Waals surface area contributed by atoms with Crippen LogP contribution in [0.25, 0.3) is 5.76 Å². The molecule has 0 aliphatic carbocycles. The van der Waals surface area contributed by atoms with Crippen molar-refractivity contribution in [3.05, 3.63) is 77.8 Å². The van der Waals surface area contributed by atoms with Crippen molar-refractivity contribution in [3.8, 4) is 5.75 Å². The van der Waals surface area contributed by atoms with Gasteiger partial charge in [0.25, 0.3) is 11.7 Å². The number of carbonyl (C=O) groups is 2. The number of aliphatic hydroxyl groups is 1.